The van der Waals surface area contributed by atoms with E-state index in [1.807, 2.05) is 0 Å². The minimum atomic E-state index is -0.0509. The zero-order valence-electron chi connectivity index (χ0n) is 15.5. The molecule has 25 heavy (non-hydrogen) atoms. The highest BCUT2D eigenvalue weighted by molar-refractivity contribution is 5.78. The van der Waals surface area contributed by atoms with Crippen molar-refractivity contribution in [1.82, 2.24) is 9.55 Å². The molecule has 0 atom stereocenters. The second-order valence-corrected chi connectivity index (χ2v) is 6.79. The predicted molar refractivity (Wildman–Crippen MR) is 101 cm³/mol. The Morgan fingerprint density at radius 1 is 0.960 bits per heavy atom. The minimum absolute atomic E-state index is 0.0509. The zero-order valence-corrected chi connectivity index (χ0v) is 15.5. The van der Waals surface area contributed by atoms with Crippen LogP contribution in [0, 0.1) is 27.7 Å². The van der Waals surface area contributed by atoms with Gasteiger partial charge in [0.1, 0.15) is 18.2 Å². The van der Waals surface area contributed by atoms with Gasteiger partial charge in [0, 0.05) is 6.54 Å². The lowest BCUT2D eigenvalue weighted by molar-refractivity contribution is 0.261. The van der Waals surface area contributed by atoms with Gasteiger partial charge in [-0.1, -0.05) is 6.07 Å². The minimum Gasteiger partial charge on any atom is -0.494 e. The van der Waals surface area contributed by atoms with Crippen LogP contribution in [-0.2, 0) is 13.2 Å². The van der Waals surface area contributed by atoms with Gasteiger partial charge in [0.2, 0.25) is 0 Å². The number of ether oxygens (including phenoxy) is 1. The number of hydrogen-bond donors (Lipinski definition) is 1. The second kappa shape index (κ2) is 7.28. The fourth-order valence-electron chi connectivity index (χ4n) is 3.23. The molecule has 1 aromatic heterocycles. The monoisotopic (exact) mass is 338 g/mol. The maximum atomic E-state index is 9.64. The molecule has 3 aromatic rings. The van der Waals surface area contributed by atoms with Gasteiger partial charge in [-0.05, 0) is 80.6 Å². The van der Waals surface area contributed by atoms with Gasteiger partial charge in [-0.2, -0.15) is 0 Å². The Hall–Kier alpha value is -2.33. The molecule has 4 heteroatoms. The van der Waals surface area contributed by atoms with Crippen LogP contribution in [0.25, 0.3) is 11.0 Å². The van der Waals surface area contributed by atoms with Gasteiger partial charge in [0.25, 0.3) is 0 Å². The number of aliphatic hydroxyl groups excluding tert-OH is 1. The van der Waals surface area contributed by atoms with Crippen LogP contribution in [0.2, 0.25) is 0 Å². The Kier molecular flexibility index (Phi) is 5.09. The van der Waals surface area contributed by atoms with Crippen LogP contribution >= 0.6 is 0 Å². The number of aliphatic hydroxyl groups is 1. The van der Waals surface area contributed by atoms with Gasteiger partial charge in [-0.25, -0.2) is 4.98 Å². The van der Waals surface area contributed by atoms with Crippen LogP contribution in [-0.4, -0.2) is 21.3 Å². The standard InChI is InChI=1S/C21H26N2O2/c1-14-8-15(2)10-18(9-14)25-7-5-6-23-20-12-17(4)16(3)11-19(20)22-21(23)13-24/h8-12,24H,5-7,13H2,1-4H3. The smallest absolute Gasteiger partial charge is 0.135 e. The number of benzene rings is 2. The summed E-state index contributed by atoms with van der Waals surface area (Å²) in [6.07, 6.45) is 0.859. The number of nitrogens with zero attached hydrogens (tertiary/aromatic N) is 2. The van der Waals surface area contributed by atoms with Crippen molar-refractivity contribution in [3.05, 3.63) is 58.4 Å². The van der Waals surface area contributed by atoms with Gasteiger partial charge < -0.3 is 14.4 Å². The number of aromatic nitrogens is 2. The number of hydrogen-bond acceptors (Lipinski definition) is 3. The van der Waals surface area contributed by atoms with Crippen molar-refractivity contribution in [2.45, 2.75) is 47.3 Å². The first kappa shape index (κ1) is 17.5. The molecule has 0 aliphatic rings. The van der Waals surface area contributed by atoms with Crippen LogP contribution in [0.1, 0.15) is 34.5 Å². The molecule has 0 aliphatic carbocycles. The van der Waals surface area contributed by atoms with Crippen LogP contribution in [0.3, 0.4) is 0 Å². The lowest BCUT2D eigenvalue weighted by atomic mass is 10.1. The molecule has 0 radical (unpaired) electrons. The van der Waals surface area contributed by atoms with Gasteiger partial charge in [0.15, 0.2) is 0 Å². The molecule has 1 N–H and O–H groups in total. The SMILES string of the molecule is Cc1cc(C)cc(OCCCn2c(CO)nc3cc(C)c(C)cc32)c1. The quantitative estimate of drug-likeness (QED) is 0.684. The van der Waals surface area contributed by atoms with Crippen LogP contribution in [0.5, 0.6) is 5.75 Å². The molecular formula is C21H26N2O2. The summed E-state index contributed by atoms with van der Waals surface area (Å²) in [7, 11) is 0. The summed E-state index contributed by atoms with van der Waals surface area (Å²) in [5, 5.41) is 9.64. The molecule has 132 valence electrons. The van der Waals surface area contributed by atoms with E-state index in [2.05, 4.69) is 67.6 Å². The van der Waals surface area contributed by atoms with Crippen molar-refractivity contribution in [2.75, 3.05) is 6.61 Å². The zero-order chi connectivity index (χ0) is 18.0. The number of rotatable bonds is 6. The van der Waals surface area contributed by atoms with E-state index in [0.717, 1.165) is 29.7 Å². The molecule has 4 nitrogen and oxygen atoms in total. The van der Waals surface area contributed by atoms with Gasteiger partial charge >= 0.3 is 0 Å². The highest BCUT2D eigenvalue weighted by atomic mass is 16.5. The van der Waals surface area contributed by atoms with E-state index >= 15 is 0 Å². The maximum Gasteiger partial charge on any atom is 0.135 e. The predicted octanol–water partition coefficient (Wildman–Crippen LogP) is 4.23. The Balaban J connectivity index is 1.71. The highest BCUT2D eigenvalue weighted by Crippen LogP contribution is 2.22. The van der Waals surface area contributed by atoms with Crippen LogP contribution < -0.4 is 4.74 Å². The third-order valence-electron chi connectivity index (χ3n) is 4.57. The first-order chi connectivity index (χ1) is 12.0. The van der Waals surface area contributed by atoms with E-state index < -0.39 is 0 Å². The molecule has 0 aliphatic heterocycles. The van der Waals surface area contributed by atoms with Crippen molar-refractivity contribution in [3.8, 4) is 5.75 Å². The first-order valence-electron chi connectivity index (χ1n) is 8.76. The molecule has 0 saturated heterocycles. The molecular weight excluding hydrogens is 312 g/mol. The lowest BCUT2D eigenvalue weighted by Gasteiger charge is -2.11. The second-order valence-electron chi connectivity index (χ2n) is 6.79. The fraction of sp³-hybridized carbons (Fsp3) is 0.381. The van der Waals surface area contributed by atoms with E-state index in [9.17, 15) is 5.11 Å². The topological polar surface area (TPSA) is 47.3 Å². The van der Waals surface area contributed by atoms with Gasteiger partial charge in [0.05, 0.1) is 17.6 Å². The summed E-state index contributed by atoms with van der Waals surface area (Å²) in [4.78, 5) is 4.57. The van der Waals surface area contributed by atoms with Gasteiger partial charge in [-0.15, -0.1) is 0 Å². The Bertz CT molecular complexity index is 876. The fourth-order valence-corrected chi connectivity index (χ4v) is 3.23. The molecule has 0 bridgehead atoms. The van der Waals surface area contributed by atoms with Crippen LogP contribution in [0.15, 0.2) is 30.3 Å². The molecule has 1 heterocycles. The van der Waals surface area contributed by atoms with Crippen molar-refractivity contribution in [3.63, 3.8) is 0 Å². The summed E-state index contributed by atoms with van der Waals surface area (Å²) < 4.78 is 8.00. The number of imidazole rings is 1. The summed E-state index contributed by atoms with van der Waals surface area (Å²) in [6, 6.07) is 10.5. The van der Waals surface area contributed by atoms with E-state index in [1.165, 1.54) is 22.3 Å². The molecule has 0 spiro atoms. The van der Waals surface area contributed by atoms with E-state index in [4.69, 9.17) is 4.74 Å². The average Bonchev–Trinajstić information content (AvgIpc) is 2.88. The molecule has 0 fully saturated rings. The molecule has 0 saturated carbocycles. The Morgan fingerprint density at radius 3 is 2.32 bits per heavy atom. The van der Waals surface area contributed by atoms with Crippen LogP contribution in [0.4, 0.5) is 0 Å². The van der Waals surface area contributed by atoms with E-state index in [0.29, 0.717) is 12.4 Å². The average molecular weight is 338 g/mol. The van der Waals surface area contributed by atoms with E-state index in [1.54, 1.807) is 0 Å². The largest absolute Gasteiger partial charge is 0.494 e. The molecule has 0 unspecified atom stereocenters. The highest BCUT2D eigenvalue weighted by Gasteiger charge is 2.11. The summed E-state index contributed by atoms with van der Waals surface area (Å²) in [5.41, 5.74) is 6.92. The van der Waals surface area contributed by atoms with Crippen molar-refractivity contribution >= 4 is 11.0 Å². The third-order valence-corrected chi connectivity index (χ3v) is 4.57. The summed E-state index contributed by atoms with van der Waals surface area (Å²) >= 11 is 0. The van der Waals surface area contributed by atoms with Crippen molar-refractivity contribution in [1.29, 1.82) is 0 Å². The number of aryl methyl sites for hydroxylation is 5. The normalized spacial score (nSPS) is 11.2. The molecule has 2 aromatic carbocycles. The first-order valence-corrected chi connectivity index (χ1v) is 8.76. The van der Waals surface area contributed by atoms with Crippen molar-refractivity contribution < 1.29 is 9.84 Å². The molecule has 3 rings (SSSR count). The lowest BCUT2D eigenvalue weighted by Crippen LogP contribution is -2.08. The third kappa shape index (κ3) is 3.85. The summed E-state index contributed by atoms with van der Waals surface area (Å²) in [6.45, 7) is 9.71. The Morgan fingerprint density at radius 2 is 1.64 bits per heavy atom. The summed E-state index contributed by atoms with van der Waals surface area (Å²) in [5.74, 6) is 1.63. The molecule has 0 amide bonds. The number of fused-ring (bicyclic) bond motifs is 1. The van der Waals surface area contributed by atoms with Gasteiger partial charge in [-0.3, -0.25) is 0 Å². The van der Waals surface area contributed by atoms with Crippen molar-refractivity contribution in [2.24, 2.45) is 0 Å². The van der Waals surface area contributed by atoms with E-state index in [-0.39, 0.29) is 6.61 Å². The maximum absolute atomic E-state index is 9.64. The Labute approximate surface area is 149 Å².